The van der Waals surface area contributed by atoms with Crippen molar-refractivity contribution >= 4 is 6.09 Å². The number of carbonyl (C=O) groups is 1. The molecule has 5 heteroatoms. The third-order valence-corrected chi connectivity index (χ3v) is 4.57. The summed E-state index contributed by atoms with van der Waals surface area (Å²) in [6.07, 6.45) is 3.77. The van der Waals surface area contributed by atoms with Gasteiger partial charge < -0.3 is 15.2 Å². The predicted octanol–water partition coefficient (Wildman–Crippen LogP) is 2.71. The van der Waals surface area contributed by atoms with E-state index in [2.05, 4.69) is 22.3 Å². The van der Waals surface area contributed by atoms with Crippen LogP contribution in [0.3, 0.4) is 0 Å². The second-order valence-corrected chi connectivity index (χ2v) is 6.39. The highest BCUT2D eigenvalue weighted by Gasteiger charge is 2.30. The molecule has 1 aromatic carbocycles. The average Bonchev–Trinajstić information content (AvgIpc) is 2.95. The minimum Gasteiger partial charge on any atom is -0.490 e. The minimum atomic E-state index is -0.946. The molecule has 120 valence electrons. The third-order valence-electron chi connectivity index (χ3n) is 4.57. The van der Waals surface area contributed by atoms with Gasteiger partial charge in [0.1, 0.15) is 5.75 Å². The molecule has 2 fully saturated rings. The van der Waals surface area contributed by atoms with Crippen LogP contribution in [0, 0.1) is 5.92 Å². The van der Waals surface area contributed by atoms with Crippen molar-refractivity contribution in [1.82, 2.24) is 10.2 Å². The lowest BCUT2D eigenvalue weighted by Crippen LogP contribution is -2.40. The molecule has 1 amide bonds. The van der Waals surface area contributed by atoms with Gasteiger partial charge in [0.15, 0.2) is 0 Å². The van der Waals surface area contributed by atoms with E-state index in [-0.39, 0.29) is 6.10 Å². The number of nitrogens with zero attached hydrogens (tertiary/aromatic N) is 1. The number of carboxylic acid groups (broad SMARTS) is 1. The van der Waals surface area contributed by atoms with E-state index in [9.17, 15) is 4.79 Å². The molecule has 22 heavy (non-hydrogen) atoms. The molecule has 1 aromatic rings. The van der Waals surface area contributed by atoms with Crippen LogP contribution in [0.15, 0.2) is 24.3 Å². The Kier molecular flexibility index (Phi) is 4.83. The second kappa shape index (κ2) is 7.01. The van der Waals surface area contributed by atoms with Crippen LogP contribution in [0.25, 0.3) is 0 Å². The third kappa shape index (κ3) is 4.13. The first-order chi connectivity index (χ1) is 10.7. The fourth-order valence-corrected chi connectivity index (χ4v) is 3.23. The van der Waals surface area contributed by atoms with Crippen LogP contribution < -0.4 is 10.1 Å². The van der Waals surface area contributed by atoms with E-state index in [1.807, 2.05) is 12.1 Å². The van der Waals surface area contributed by atoms with Crippen LogP contribution in [-0.4, -0.2) is 41.8 Å². The van der Waals surface area contributed by atoms with Crippen molar-refractivity contribution in [1.29, 1.82) is 0 Å². The van der Waals surface area contributed by atoms with Gasteiger partial charge >= 0.3 is 6.09 Å². The van der Waals surface area contributed by atoms with Crippen LogP contribution in [0.1, 0.15) is 31.2 Å². The highest BCUT2D eigenvalue weighted by molar-refractivity contribution is 5.64. The molecule has 2 aliphatic rings. The van der Waals surface area contributed by atoms with Crippen LogP contribution in [0.2, 0.25) is 0 Å². The van der Waals surface area contributed by atoms with E-state index < -0.39 is 6.09 Å². The Morgan fingerprint density at radius 2 is 1.91 bits per heavy atom. The van der Waals surface area contributed by atoms with Gasteiger partial charge in [-0.25, -0.2) is 4.79 Å². The molecule has 0 aromatic heterocycles. The Bertz CT molecular complexity index is 491. The van der Waals surface area contributed by atoms with Crippen molar-refractivity contribution in [3.63, 3.8) is 0 Å². The molecule has 1 saturated heterocycles. The first kappa shape index (κ1) is 15.2. The Hall–Kier alpha value is -1.75. The molecule has 0 atom stereocenters. The molecular formula is C17H24N2O3. The summed E-state index contributed by atoms with van der Waals surface area (Å²) in [6, 6.07) is 8.40. The summed E-state index contributed by atoms with van der Waals surface area (Å²) in [5.41, 5.74) is 1.34. The van der Waals surface area contributed by atoms with Crippen LogP contribution >= 0.6 is 0 Å². The quantitative estimate of drug-likeness (QED) is 0.848. The van der Waals surface area contributed by atoms with Crippen LogP contribution in [0.4, 0.5) is 4.79 Å². The van der Waals surface area contributed by atoms with Crippen molar-refractivity contribution in [2.75, 3.05) is 19.6 Å². The van der Waals surface area contributed by atoms with Crippen molar-refractivity contribution in [3.05, 3.63) is 29.8 Å². The van der Waals surface area contributed by atoms with Crippen molar-refractivity contribution in [2.24, 2.45) is 5.92 Å². The normalized spacial score (nSPS) is 24.7. The number of hydrogen-bond donors (Lipinski definition) is 2. The smallest absolute Gasteiger partial charge is 0.404 e. The molecule has 1 aliphatic heterocycles. The first-order valence-corrected chi connectivity index (χ1v) is 8.14. The minimum absolute atomic E-state index is 0.227. The molecule has 3 rings (SSSR count). The molecular weight excluding hydrogens is 280 g/mol. The van der Waals surface area contributed by atoms with E-state index >= 15 is 0 Å². The summed E-state index contributed by atoms with van der Waals surface area (Å²) in [7, 11) is 0. The van der Waals surface area contributed by atoms with Gasteiger partial charge in [-0.3, -0.25) is 4.90 Å². The Morgan fingerprint density at radius 1 is 1.23 bits per heavy atom. The summed E-state index contributed by atoms with van der Waals surface area (Å²) in [4.78, 5) is 12.9. The zero-order chi connectivity index (χ0) is 15.4. The monoisotopic (exact) mass is 304 g/mol. The zero-order valence-electron chi connectivity index (χ0n) is 12.8. The predicted molar refractivity (Wildman–Crippen MR) is 84.1 cm³/mol. The van der Waals surface area contributed by atoms with Gasteiger partial charge in [-0.15, -0.1) is 0 Å². The van der Waals surface area contributed by atoms with Crippen molar-refractivity contribution < 1.29 is 14.6 Å². The number of amides is 1. The SMILES string of the molecule is O=C(O)NC[C@H]1C[C@H](Oc2ccc(CN3CCCC3)cc2)C1. The topological polar surface area (TPSA) is 61.8 Å². The number of rotatable bonds is 6. The molecule has 0 unspecified atom stereocenters. The van der Waals surface area contributed by atoms with E-state index in [1.54, 1.807) is 0 Å². The Morgan fingerprint density at radius 3 is 2.55 bits per heavy atom. The van der Waals surface area contributed by atoms with E-state index in [0.717, 1.165) is 25.1 Å². The van der Waals surface area contributed by atoms with Crippen LogP contribution in [-0.2, 0) is 6.54 Å². The molecule has 0 spiro atoms. The lowest BCUT2D eigenvalue weighted by molar-refractivity contribution is 0.0645. The Balaban J connectivity index is 1.39. The highest BCUT2D eigenvalue weighted by Crippen LogP contribution is 2.31. The highest BCUT2D eigenvalue weighted by atomic mass is 16.5. The molecule has 1 aliphatic carbocycles. The summed E-state index contributed by atoms with van der Waals surface area (Å²) in [5, 5.41) is 11.0. The number of likely N-dealkylation sites (tertiary alicyclic amines) is 1. The standard InChI is InChI=1S/C17H24N2O3/c20-17(21)18-11-14-9-16(10-14)22-15-5-3-13(4-6-15)12-19-7-1-2-8-19/h3-6,14,16,18H,1-2,7-12H2,(H,20,21)/t14-,16-. The van der Waals surface area contributed by atoms with Crippen molar-refractivity contribution in [2.45, 2.75) is 38.3 Å². The molecule has 2 N–H and O–H groups in total. The van der Waals surface area contributed by atoms with Gasteiger partial charge in [0.2, 0.25) is 0 Å². The maximum absolute atomic E-state index is 10.4. The maximum Gasteiger partial charge on any atom is 0.404 e. The molecule has 0 bridgehead atoms. The zero-order valence-corrected chi connectivity index (χ0v) is 12.8. The number of ether oxygens (including phenoxy) is 1. The number of hydrogen-bond acceptors (Lipinski definition) is 3. The fourth-order valence-electron chi connectivity index (χ4n) is 3.23. The lowest BCUT2D eigenvalue weighted by Gasteiger charge is -2.35. The van der Waals surface area contributed by atoms with Gasteiger partial charge in [-0.05, 0) is 62.4 Å². The van der Waals surface area contributed by atoms with E-state index in [1.165, 1.54) is 31.5 Å². The van der Waals surface area contributed by atoms with Gasteiger partial charge in [0, 0.05) is 13.1 Å². The van der Waals surface area contributed by atoms with Crippen LogP contribution in [0.5, 0.6) is 5.75 Å². The van der Waals surface area contributed by atoms with E-state index in [4.69, 9.17) is 9.84 Å². The lowest BCUT2D eigenvalue weighted by atomic mass is 9.82. The molecule has 1 heterocycles. The summed E-state index contributed by atoms with van der Waals surface area (Å²) in [6.45, 7) is 3.99. The van der Waals surface area contributed by atoms with Gasteiger partial charge in [0.05, 0.1) is 6.10 Å². The largest absolute Gasteiger partial charge is 0.490 e. The molecule has 5 nitrogen and oxygen atoms in total. The number of nitrogens with one attached hydrogen (secondary N) is 1. The second-order valence-electron chi connectivity index (χ2n) is 6.39. The van der Waals surface area contributed by atoms with E-state index in [0.29, 0.717) is 12.5 Å². The summed E-state index contributed by atoms with van der Waals surface area (Å²) < 4.78 is 5.92. The van der Waals surface area contributed by atoms with Gasteiger partial charge in [0.25, 0.3) is 0 Å². The summed E-state index contributed by atoms with van der Waals surface area (Å²) in [5.74, 6) is 1.33. The van der Waals surface area contributed by atoms with Gasteiger partial charge in [-0.2, -0.15) is 0 Å². The molecule has 1 saturated carbocycles. The van der Waals surface area contributed by atoms with Gasteiger partial charge in [-0.1, -0.05) is 12.1 Å². The fraction of sp³-hybridized carbons (Fsp3) is 0.588. The average molecular weight is 304 g/mol. The first-order valence-electron chi connectivity index (χ1n) is 8.14. The molecule has 0 radical (unpaired) electrons. The Labute approximate surface area is 131 Å². The summed E-state index contributed by atoms with van der Waals surface area (Å²) >= 11 is 0. The maximum atomic E-state index is 10.4. The number of benzene rings is 1. The van der Waals surface area contributed by atoms with Crippen molar-refractivity contribution in [3.8, 4) is 5.75 Å².